The van der Waals surface area contributed by atoms with Gasteiger partial charge in [-0.2, -0.15) is 0 Å². The number of rotatable bonds is 6. The topological polar surface area (TPSA) is 12.0 Å². The standard InChI is InChI=1S/C16H23FIN/c1-2-9-19-16(10-12-5-3-4-6-12)14-8-7-13(17)11-15(14)18/h7-8,11-12,16,19H,2-6,9-10H2,1H3. The largest absolute Gasteiger partial charge is 0.310 e. The van der Waals surface area contributed by atoms with E-state index in [0.717, 1.165) is 22.5 Å². The second-order valence-corrected chi connectivity index (χ2v) is 6.72. The van der Waals surface area contributed by atoms with Gasteiger partial charge >= 0.3 is 0 Å². The van der Waals surface area contributed by atoms with Crippen molar-refractivity contribution in [2.24, 2.45) is 5.92 Å². The van der Waals surface area contributed by atoms with E-state index in [4.69, 9.17) is 0 Å². The fraction of sp³-hybridized carbons (Fsp3) is 0.625. The highest BCUT2D eigenvalue weighted by Gasteiger charge is 2.22. The predicted octanol–water partition coefficient (Wildman–Crippen LogP) is 5.05. The van der Waals surface area contributed by atoms with Crippen LogP contribution >= 0.6 is 22.6 Å². The summed E-state index contributed by atoms with van der Waals surface area (Å²) < 4.78 is 14.3. The highest BCUT2D eigenvalue weighted by Crippen LogP contribution is 2.34. The van der Waals surface area contributed by atoms with Crippen molar-refractivity contribution in [3.8, 4) is 0 Å². The Kier molecular flexibility index (Phi) is 6.07. The molecule has 1 aromatic carbocycles. The quantitative estimate of drug-likeness (QED) is 0.686. The Labute approximate surface area is 129 Å². The summed E-state index contributed by atoms with van der Waals surface area (Å²) in [5.74, 6) is 0.707. The lowest BCUT2D eigenvalue weighted by Gasteiger charge is -2.23. The van der Waals surface area contributed by atoms with Gasteiger partial charge in [0, 0.05) is 9.61 Å². The first-order valence-electron chi connectivity index (χ1n) is 7.39. The minimum atomic E-state index is -0.136. The molecule has 1 saturated carbocycles. The molecule has 0 aliphatic heterocycles. The van der Waals surface area contributed by atoms with Crippen molar-refractivity contribution in [3.63, 3.8) is 0 Å². The fourth-order valence-corrected chi connectivity index (χ4v) is 3.86. The maximum Gasteiger partial charge on any atom is 0.124 e. The molecule has 0 spiro atoms. The second-order valence-electron chi connectivity index (χ2n) is 5.56. The van der Waals surface area contributed by atoms with E-state index >= 15 is 0 Å². The van der Waals surface area contributed by atoms with Crippen molar-refractivity contribution < 1.29 is 4.39 Å². The van der Waals surface area contributed by atoms with Gasteiger partial charge in [-0.25, -0.2) is 4.39 Å². The molecule has 2 rings (SSSR count). The molecule has 106 valence electrons. The van der Waals surface area contributed by atoms with Gasteiger partial charge in [-0.05, 0) is 65.6 Å². The lowest BCUT2D eigenvalue weighted by molar-refractivity contribution is 0.394. The molecule has 0 bridgehead atoms. The van der Waals surface area contributed by atoms with Crippen molar-refractivity contribution in [2.45, 2.75) is 51.5 Å². The molecule has 0 radical (unpaired) electrons. The number of nitrogens with one attached hydrogen (secondary N) is 1. The van der Waals surface area contributed by atoms with Crippen LogP contribution in [0.4, 0.5) is 4.39 Å². The zero-order valence-corrected chi connectivity index (χ0v) is 13.7. The van der Waals surface area contributed by atoms with Crippen LogP contribution in [0.25, 0.3) is 0 Å². The molecule has 1 unspecified atom stereocenters. The van der Waals surface area contributed by atoms with Crippen LogP contribution in [0.3, 0.4) is 0 Å². The first-order valence-corrected chi connectivity index (χ1v) is 8.47. The Hall–Kier alpha value is -0.160. The maximum atomic E-state index is 13.2. The summed E-state index contributed by atoms with van der Waals surface area (Å²) in [5.41, 5.74) is 1.27. The van der Waals surface area contributed by atoms with E-state index in [9.17, 15) is 4.39 Å². The van der Waals surface area contributed by atoms with Gasteiger partial charge in [0.2, 0.25) is 0 Å². The minimum absolute atomic E-state index is 0.136. The third kappa shape index (κ3) is 4.42. The molecule has 3 heteroatoms. The van der Waals surface area contributed by atoms with Crippen molar-refractivity contribution in [2.75, 3.05) is 6.54 Å². The van der Waals surface area contributed by atoms with Gasteiger partial charge in [0.05, 0.1) is 0 Å². The third-order valence-corrected chi connectivity index (χ3v) is 4.96. The SMILES string of the molecule is CCCNC(CC1CCCC1)c1ccc(F)cc1I. The average molecular weight is 375 g/mol. The van der Waals surface area contributed by atoms with Gasteiger partial charge in [0.25, 0.3) is 0 Å². The number of hydrogen-bond donors (Lipinski definition) is 1. The average Bonchev–Trinajstić information content (AvgIpc) is 2.88. The molecule has 0 saturated heterocycles. The van der Waals surface area contributed by atoms with Gasteiger partial charge in [-0.3, -0.25) is 0 Å². The molecular formula is C16H23FIN. The maximum absolute atomic E-state index is 13.2. The van der Waals surface area contributed by atoms with E-state index in [1.807, 2.05) is 6.07 Å². The van der Waals surface area contributed by atoms with Crippen LogP contribution in [-0.4, -0.2) is 6.54 Å². The molecule has 1 atom stereocenters. The van der Waals surface area contributed by atoms with Gasteiger partial charge in [-0.1, -0.05) is 38.7 Å². The zero-order valence-electron chi connectivity index (χ0n) is 11.6. The van der Waals surface area contributed by atoms with E-state index in [-0.39, 0.29) is 5.82 Å². The van der Waals surface area contributed by atoms with Crippen LogP contribution in [0.1, 0.15) is 57.1 Å². The Morgan fingerprint density at radius 2 is 2.11 bits per heavy atom. The van der Waals surface area contributed by atoms with Crippen LogP contribution in [-0.2, 0) is 0 Å². The lowest BCUT2D eigenvalue weighted by Crippen LogP contribution is -2.25. The highest BCUT2D eigenvalue weighted by molar-refractivity contribution is 14.1. The van der Waals surface area contributed by atoms with Crippen molar-refractivity contribution in [1.29, 1.82) is 0 Å². The minimum Gasteiger partial charge on any atom is -0.310 e. The van der Waals surface area contributed by atoms with Crippen LogP contribution in [0.2, 0.25) is 0 Å². The number of benzene rings is 1. The Bertz CT molecular complexity index is 402. The van der Waals surface area contributed by atoms with Gasteiger partial charge in [0.15, 0.2) is 0 Å². The summed E-state index contributed by atoms with van der Waals surface area (Å²) in [6, 6.07) is 5.58. The smallest absolute Gasteiger partial charge is 0.124 e. The molecule has 0 aromatic heterocycles. The Morgan fingerprint density at radius 1 is 1.37 bits per heavy atom. The first-order chi connectivity index (χ1) is 9.20. The summed E-state index contributed by atoms with van der Waals surface area (Å²) in [6.07, 6.45) is 7.82. The molecule has 0 amide bonds. The lowest BCUT2D eigenvalue weighted by atomic mass is 9.93. The molecule has 1 fully saturated rings. The molecule has 1 aliphatic carbocycles. The predicted molar refractivity (Wildman–Crippen MR) is 86.7 cm³/mol. The van der Waals surface area contributed by atoms with E-state index in [2.05, 4.69) is 34.8 Å². The monoisotopic (exact) mass is 375 g/mol. The molecule has 19 heavy (non-hydrogen) atoms. The normalized spacial score (nSPS) is 17.8. The third-order valence-electron chi connectivity index (χ3n) is 4.02. The second kappa shape index (κ2) is 7.58. The van der Waals surface area contributed by atoms with Gasteiger partial charge < -0.3 is 5.32 Å². The van der Waals surface area contributed by atoms with Crippen LogP contribution in [0, 0.1) is 15.3 Å². The Morgan fingerprint density at radius 3 is 2.74 bits per heavy atom. The summed E-state index contributed by atoms with van der Waals surface area (Å²) >= 11 is 2.26. The zero-order chi connectivity index (χ0) is 13.7. The molecule has 0 heterocycles. The van der Waals surface area contributed by atoms with E-state index < -0.39 is 0 Å². The molecule has 1 N–H and O–H groups in total. The van der Waals surface area contributed by atoms with Crippen LogP contribution in [0.5, 0.6) is 0 Å². The highest BCUT2D eigenvalue weighted by atomic mass is 127. The summed E-state index contributed by atoms with van der Waals surface area (Å²) in [5, 5.41) is 3.65. The fourth-order valence-electron chi connectivity index (χ4n) is 3.00. The van der Waals surface area contributed by atoms with Gasteiger partial charge in [-0.15, -0.1) is 0 Å². The van der Waals surface area contributed by atoms with Crippen molar-refractivity contribution >= 4 is 22.6 Å². The molecular weight excluding hydrogens is 352 g/mol. The molecule has 1 aromatic rings. The Balaban J connectivity index is 2.10. The van der Waals surface area contributed by atoms with E-state index in [1.54, 1.807) is 12.1 Å². The van der Waals surface area contributed by atoms with Crippen molar-refractivity contribution in [1.82, 2.24) is 5.32 Å². The van der Waals surface area contributed by atoms with E-state index in [0.29, 0.717) is 6.04 Å². The summed E-state index contributed by atoms with van der Waals surface area (Å²) in [7, 11) is 0. The van der Waals surface area contributed by atoms with E-state index in [1.165, 1.54) is 37.7 Å². The van der Waals surface area contributed by atoms with Crippen LogP contribution < -0.4 is 5.32 Å². The van der Waals surface area contributed by atoms with Crippen molar-refractivity contribution in [3.05, 3.63) is 33.1 Å². The summed E-state index contributed by atoms with van der Waals surface area (Å²) in [6.45, 7) is 3.22. The number of halogens is 2. The molecule has 1 nitrogen and oxygen atoms in total. The van der Waals surface area contributed by atoms with Crippen LogP contribution in [0.15, 0.2) is 18.2 Å². The summed E-state index contributed by atoms with van der Waals surface area (Å²) in [4.78, 5) is 0. The van der Waals surface area contributed by atoms with Gasteiger partial charge in [0.1, 0.15) is 5.82 Å². The molecule has 1 aliphatic rings. The first kappa shape index (κ1) is 15.2. The number of hydrogen-bond acceptors (Lipinski definition) is 1.